The van der Waals surface area contributed by atoms with Gasteiger partial charge in [0.1, 0.15) is 6.20 Å². The van der Waals surface area contributed by atoms with Crippen molar-refractivity contribution in [1.82, 2.24) is 4.98 Å². The van der Waals surface area contributed by atoms with E-state index in [-0.39, 0.29) is 11.7 Å². The largest absolute Gasteiger partial charge is 0.319 e. The fourth-order valence-corrected chi connectivity index (χ4v) is 1.06. The van der Waals surface area contributed by atoms with E-state index in [4.69, 9.17) is 5.73 Å². The molecular weight excluding hydrogens is 182 g/mol. The first-order valence-electron chi connectivity index (χ1n) is 4.05. The molecule has 14 heavy (non-hydrogen) atoms. The van der Waals surface area contributed by atoms with Gasteiger partial charge in [0.2, 0.25) is 0 Å². The highest BCUT2D eigenvalue weighted by molar-refractivity contribution is 5.38. The van der Waals surface area contributed by atoms with Crippen LogP contribution in [-0.4, -0.2) is 9.91 Å². The van der Waals surface area contributed by atoms with Gasteiger partial charge in [-0.1, -0.05) is 6.08 Å². The van der Waals surface area contributed by atoms with Crippen molar-refractivity contribution in [2.75, 3.05) is 0 Å². The number of nitrogens with two attached hydrogens (primary N) is 1. The number of aromatic nitrogens is 1. The zero-order valence-corrected chi connectivity index (χ0v) is 7.80. The lowest BCUT2D eigenvalue weighted by atomic mass is 10.1. The zero-order valence-electron chi connectivity index (χ0n) is 7.80. The van der Waals surface area contributed by atoms with Gasteiger partial charge in [0, 0.05) is 5.56 Å². The second kappa shape index (κ2) is 3.97. The summed E-state index contributed by atoms with van der Waals surface area (Å²) in [4.78, 5) is 13.9. The number of aryl methyl sites for hydroxylation is 1. The van der Waals surface area contributed by atoms with Crippen LogP contribution in [0.1, 0.15) is 17.3 Å². The fraction of sp³-hybridized carbons (Fsp3) is 0.222. The SMILES string of the molecule is C=CC(N)c1cc(C)c([N+](=O)[O-])cn1. The van der Waals surface area contributed by atoms with Gasteiger partial charge in [0.05, 0.1) is 16.7 Å². The Morgan fingerprint density at radius 3 is 2.86 bits per heavy atom. The average molecular weight is 193 g/mol. The maximum Gasteiger partial charge on any atom is 0.290 e. The molecule has 0 aliphatic carbocycles. The topological polar surface area (TPSA) is 82.0 Å². The van der Waals surface area contributed by atoms with Crippen molar-refractivity contribution < 1.29 is 4.92 Å². The van der Waals surface area contributed by atoms with Crippen LogP contribution in [0, 0.1) is 17.0 Å². The Hall–Kier alpha value is -1.75. The summed E-state index contributed by atoms with van der Waals surface area (Å²) in [5.41, 5.74) is 6.78. The zero-order chi connectivity index (χ0) is 10.7. The summed E-state index contributed by atoms with van der Waals surface area (Å²) in [6.45, 7) is 5.18. The van der Waals surface area contributed by atoms with E-state index in [2.05, 4.69) is 11.6 Å². The lowest BCUT2D eigenvalue weighted by Gasteiger charge is -2.05. The van der Waals surface area contributed by atoms with Crippen LogP contribution < -0.4 is 5.73 Å². The first-order valence-corrected chi connectivity index (χ1v) is 4.05. The Labute approximate surface area is 81.4 Å². The normalized spacial score (nSPS) is 12.1. The molecule has 0 spiro atoms. The predicted octanol–water partition coefficient (Wildman–Crippen LogP) is 1.48. The lowest BCUT2D eigenvalue weighted by Crippen LogP contribution is -2.09. The first kappa shape index (κ1) is 10.3. The van der Waals surface area contributed by atoms with Gasteiger partial charge in [-0.2, -0.15) is 0 Å². The van der Waals surface area contributed by atoms with Crippen molar-refractivity contribution in [1.29, 1.82) is 0 Å². The van der Waals surface area contributed by atoms with Crippen LogP contribution in [0.4, 0.5) is 5.69 Å². The van der Waals surface area contributed by atoms with E-state index in [0.29, 0.717) is 11.3 Å². The van der Waals surface area contributed by atoms with Gasteiger partial charge in [0.25, 0.3) is 5.69 Å². The Kier molecular flexibility index (Phi) is 2.93. The molecule has 1 atom stereocenters. The van der Waals surface area contributed by atoms with Gasteiger partial charge in [-0.25, -0.2) is 0 Å². The second-order valence-corrected chi connectivity index (χ2v) is 2.91. The quantitative estimate of drug-likeness (QED) is 0.448. The van der Waals surface area contributed by atoms with E-state index in [0.717, 1.165) is 0 Å². The van der Waals surface area contributed by atoms with Crippen LogP contribution in [0.5, 0.6) is 0 Å². The molecule has 0 aliphatic heterocycles. The first-order chi connectivity index (χ1) is 6.56. The highest BCUT2D eigenvalue weighted by Crippen LogP contribution is 2.19. The van der Waals surface area contributed by atoms with E-state index in [1.807, 2.05) is 0 Å². The van der Waals surface area contributed by atoms with Crippen LogP contribution in [-0.2, 0) is 0 Å². The molecule has 0 radical (unpaired) electrons. The van der Waals surface area contributed by atoms with Gasteiger partial charge in [-0.05, 0) is 13.0 Å². The smallest absolute Gasteiger partial charge is 0.290 e. The summed E-state index contributed by atoms with van der Waals surface area (Å²) in [5, 5.41) is 10.5. The van der Waals surface area contributed by atoms with Crippen LogP contribution >= 0.6 is 0 Å². The number of pyridine rings is 1. The molecule has 5 nitrogen and oxygen atoms in total. The maximum absolute atomic E-state index is 10.5. The molecular formula is C9H11N3O2. The van der Waals surface area contributed by atoms with E-state index in [9.17, 15) is 10.1 Å². The van der Waals surface area contributed by atoms with E-state index in [1.54, 1.807) is 13.0 Å². The third-order valence-corrected chi connectivity index (χ3v) is 1.90. The Bertz CT molecular complexity index is 376. The summed E-state index contributed by atoms with van der Waals surface area (Å²) in [6.07, 6.45) is 2.75. The number of nitro groups is 1. The van der Waals surface area contributed by atoms with Crippen LogP contribution in [0.25, 0.3) is 0 Å². The van der Waals surface area contributed by atoms with Crippen molar-refractivity contribution in [3.8, 4) is 0 Å². The monoisotopic (exact) mass is 193 g/mol. The molecule has 0 amide bonds. The van der Waals surface area contributed by atoms with Crippen LogP contribution in [0.15, 0.2) is 24.9 Å². The molecule has 0 saturated carbocycles. The highest BCUT2D eigenvalue weighted by atomic mass is 16.6. The van der Waals surface area contributed by atoms with E-state index in [1.165, 1.54) is 12.3 Å². The summed E-state index contributed by atoms with van der Waals surface area (Å²) >= 11 is 0. The molecule has 0 fully saturated rings. The summed E-state index contributed by atoms with van der Waals surface area (Å²) in [6, 6.07) is 1.22. The minimum absolute atomic E-state index is 0.00464. The maximum atomic E-state index is 10.5. The van der Waals surface area contributed by atoms with Crippen molar-refractivity contribution in [3.05, 3.63) is 46.3 Å². The molecule has 74 valence electrons. The number of hydrogen-bond acceptors (Lipinski definition) is 4. The van der Waals surface area contributed by atoms with Gasteiger partial charge in [-0.15, -0.1) is 6.58 Å². The lowest BCUT2D eigenvalue weighted by molar-refractivity contribution is -0.385. The molecule has 1 rings (SSSR count). The van der Waals surface area contributed by atoms with Crippen molar-refractivity contribution in [3.63, 3.8) is 0 Å². The van der Waals surface area contributed by atoms with Gasteiger partial charge >= 0.3 is 0 Å². The van der Waals surface area contributed by atoms with Gasteiger partial charge in [-0.3, -0.25) is 15.1 Å². The summed E-state index contributed by atoms with van der Waals surface area (Å²) in [5.74, 6) is 0. The molecule has 2 N–H and O–H groups in total. The molecule has 1 heterocycles. The van der Waals surface area contributed by atoms with Crippen LogP contribution in [0.3, 0.4) is 0 Å². The highest BCUT2D eigenvalue weighted by Gasteiger charge is 2.13. The molecule has 0 saturated heterocycles. The molecule has 0 aromatic carbocycles. The molecule has 0 aliphatic rings. The predicted molar refractivity (Wildman–Crippen MR) is 52.8 cm³/mol. The van der Waals surface area contributed by atoms with Crippen LogP contribution in [0.2, 0.25) is 0 Å². The molecule has 5 heteroatoms. The molecule has 1 aromatic heterocycles. The van der Waals surface area contributed by atoms with Crippen molar-refractivity contribution >= 4 is 5.69 Å². The third-order valence-electron chi connectivity index (χ3n) is 1.90. The standard InChI is InChI=1S/C9H11N3O2/c1-3-7(10)8-4-6(2)9(5-11-8)12(13)14/h3-5,7H,1,10H2,2H3. The second-order valence-electron chi connectivity index (χ2n) is 2.91. The Morgan fingerprint density at radius 1 is 1.79 bits per heavy atom. The van der Waals surface area contributed by atoms with Crippen molar-refractivity contribution in [2.24, 2.45) is 5.73 Å². The number of nitrogens with zero attached hydrogens (tertiary/aromatic N) is 2. The van der Waals surface area contributed by atoms with Gasteiger partial charge in [0.15, 0.2) is 0 Å². The van der Waals surface area contributed by atoms with E-state index >= 15 is 0 Å². The minimum atomic E-state index is -0.467. The molecule has 1 aromatic rings. The average Bonchev–Trinajstić information content (AvgIpc) is 2.15. The van der Waals surface area contributed by atoms with Crippen molar-refractivity contribution in [2.45, 2.75) is 13.0 Å². The Morgan fingerprint density at radius 2 is 2.43 bits per heavy atom. The number of rotatable bonds is 3. The summed E-state index contributed by atoms with van der Waals surface area (Å²) < 4.78 is 0. The molecule has 0 bridgehead atoms. The number of hydrogen-bond donors (Lipinski definition) is 1. The van der Waals surface area contributed by atoms with E-state index < -0.39 is 4.92 Å². The Balaban J connectivity index is 3.12. The summed E-state index contributed by atoms with van der Waals surface area (Å²) in [7, 11) is 0. The third kappa shape index (κ3) is 1.94. The fourth-order valence-electron chi connectivity index (χ4n) is 1.06. The molecule has 1 unspecified atom stereocenters. The minimum Gasteiger partial charge on any atom is -0.319 e. The van der Waals surface area contributed by atoms with Gasteiger partial charge < -0.3 is 5.73 Å².